The van der Waals surface area contributed by atoms with E-state index in [2.05, 4.69) is 4.98 Å². The van der Waals surface area contributed by atoms with Gasteiger partial charge in [-0.25, -0.2) is 9.78 Å². The van der Waals surface area contributed by atoms with Gasteiger partial charge in [0.25, 0.3) is 0 Å². The monoisotopic (exact) mass is 335 g/mol. The van der Waals surface area contributed by atoms with Gasteiger partial charge in [0.15, 0.2) is 5.69 Å². The van der Waals surface area contributed by atoms with E-state index in [0.29, 0.717) is 21.2 Å². The molecule has 2 aromatic rings. The van der Waals surface area contributed by atoms with Crippen LogP contribution in [0.3, 0.4) is 0 Å². The zero-order valence-electron chi connectivity index (χ0n) is 9.12. The molecule has 2 rings (SSSR count). The molecule has 98 valence electrons. The normalized spacial score (nSPS) is 10.5. The number of benzene rings is 1. The van der Waals surface area contributed by atoms with Gasteiger partial charge >= 0.3 is 5.97 Å². The molecule has 1 aromatic heterocycles. The van der Waals surface area contributed by atoms with Crippen molar-refractivity contribution in [2.24, 2.45) is 0 Å². The summed E-state index contributed by atoms with van der Waals surface area (Å²) in [6.45, 7) is 0. The first-order valence-electron chi connectivity index (χ1n) is 4.94. The first kappa shape index (κ1) is 14.4. The van der Waals surface area contributed by atoms with Crippen LogP contribution in [0.1, 0.15) is 10.5 Å². The Hall–Kier alpha value is -1.000. The second kappa shape index (κ2) is 5.55. The predicted molar refractivity (Wildman–Crippen MR) is 76.7 cm³/mol. The third kappa shape index (κ3) is 2.79. The summed E-state index contributed by atoms with van der Waals surface area (Å²) in [6, 6.07) is 4.59. The minimum atomic E-state index is -1.21. The number of halogens is 4. The lowest BCUT2D eigenvalue weighted by Gasteiger charge is -2.09. The Morgan fingerprint density at radius 1 is 1.05 bits per heavy atom. The van der Waals surface area contributed by atoms with Crippen LogP contribution in [0, 0.1) is 0 Å². The van der Waals surface area contributed by atoms with Gasteiger partial charge in [-0.3, -0.25) is 0 Å². The van der Waals surface area contributed by atoms with Crippen molar-refractivity contribution in [3.8, 4) is 11.1 Å². The van der Waals surface area contributed by atoms with E-state index in [-0.39, 0.29) is 15.7 Å². The molecule has 0 bridgehead atoms. The van der Waals surface area contributed by atoms with Crippen LogP contribution in [0.25, 0.3) is 11.1 Å². The number of rotatable bonds is 2. The Labute approximate surface area is 128 Å². The largest absolute Gasteiger partial charge is 0.476 e. The maximum Gasteiger partial charge on any atom is 0.356 e. The number of nitrogens with zero attached hydrogens (tertiary/aromatic N) is 1. The molecule has 0 atom stereocenters. The molecule has 1 N–H and O–H groups in total. The summed E-state index contributed by atoms with van der Waals surface area (Å²) in [7, 11) is 0. The van der Waals surface area contributed by atoms with Crippen LogP contribution in [-0.4, -0.2) is 16.1 Å². The molecule has 3 nitrogen and oxygen atoms in total. The summed E-state index contributed by atoms with van der Waals surface area (Å²) in [5.41, 5.74) is 0.717. The second-order valence-corrected chi connectivity index (χ2v) is 5.18. The molecule has 0 aliphatic heterocycles. The summed E-state index contributed by atoms with van der Waals surface area (Å²) >= 11 is 23.9. The van der Waals surface area contributed by atoms with E-state index < -0.39 is 5.97 Å². The van der Waals surface area contributed by atoms with Gasteiger partial charge < -0.3 is 5.11 Å². The van der Waals surface area contributed by atoms with Crippen molar-refractivity contribution in [3.63, 3.8) is 0 Å². The van der Waals surface area contributed by atoms with E-state index in [4.69, 9.17) is 51.5 Å². The molecule has 0 unspecified atom stereocenters. The first-order chi connectivity index (χ1) is 8.91. The summed E-state index contributed by atoms with van der Waals surface area (Å²) in [6.07, 6.45) is 1.33. The van der Waals surface area contributed by atoms with Crippen LogP contribution in [-0.2, 0) is 0 Å². The molecule has 0 amide bonds. The van der Waals surface area contributed by atoms with Crippen LogP contribution in [0.2, 0.25) is 20.1 Å². The lowest BCUT2D eigenvalue weighted by Crippen LogP contribution is -2.01. The number of aromatic carboxylic acids is 1. The Morgan fingerprint density at radius 2 is 1.68 bits per heavy atom. The topological polar surface area (TPSA) is 50.2 Å². The number of carbonyl (C=O) groups is 1. The zero-order chi connectivity index (χ0) is 14.2. The summed E-state index contributed by atoms with van der Waals surface area (Å²) in [5, 5.41) is 9.82. The van der Waals surface area contributed by atoms with Gasteiger partial charge in [0.2, 0.25) is 0 Å². The Morgan fingerprint density at radius 3 is 2.26 bits per heavy atom. The van der Waals surface area contributed by atoms with Gasteiger partial charge in [0.1, 0.15) is 0 Å². The Kier molecular flexibility index (Phi) is 4.21. The van der Waals surface area contributed by atoms with Crippen LogP contribution >= 0.6 is 46.4 Å². The zero-order valence-corrected chi connectivity index (χ0v) is 12.1. The fourth-order valence-electron chi connectivity index (χ4n) is 1.52. The van der Waals surface area contributed by atoms with Gasteiger partial charge in [-0.15, -0.1) is 0 Å². The highest BCUT2D eigenvalue weighted by Gasteiger charge is 2.16. The summed E-state index contributed by atoms with van der Waals surface area (Å²) < 4.78 is 0. The first-order valence-corrected chi connectivity index (χ1v) is 6.45. The van der Waals surface area contributed by atoms with Gasteiger partial charge in [-0.2, -0.15) is 0 Å². The van der Waals surface area contributed by atoms with Crippen molar-refractivity contribution < 1.29 is 9.90 Å². The van der Waals surface area contributed by atoms with Crippen molar-refractivity contribution in [3.05, 3.63) is 50.2 Å². The van der Waals surface area contributed by atoms with Crippen molar-refractivity contribution in [2.45, 2.75) is 0 Å². The third-order valence-corrected chi connectivity index (χ3v) is 3.78. The van der Waals surface area contributed by atoms with E-state index in [1.807, 2.05) is 0 Å². The fourth-order valence-corrected chi connectivity index (χ4v) is 2.52. The average Bonchev–Trinajstić information content (AvgIpc) is 2.34. The second-order valence-electron chi connectivity index (χ2n) is 3.58. The van der Waals surface area contributed by atoms with E-state index in [1.54, 1.807) is 12.1 Å². The van der Waals surface area contributed by atoms with Crippen molar-refractivity contribution >= 4 is 52.4 Å². The number of carboxylic acids is 1. The molecule has 0 radical (unpaired) electrons. The highest BCUT2D eigenvalue weighted by Crippen LogP contribution is 2.39. The molecule has 0 saturated heterocycles. The Balaban J connectivity index is 2.64. The molecular weight excluding hydrogens is 332 g/mol. The molecule has 0 aliphatic rings. The van der Waals surface area contributed by atoms with Crippen LogP contribution < -0.4 is 0 Å². The quantitative estimate of drug-likeness (QED) is 0.780. The van der Waals surface area contributed by atoms with E-state index in [9.17, 15) is 4.79 Å². The minimum absolute atomic E-state index is 0.00268. The number of pyridine rings is 1. The summed E-state index contributed by atoms with van der Waals surface area (Å²) in [4.78, 5) is 14.6. The standard InChI is InChI=1S/C12H5Cl4NO2/c13-6-1-2-7(14)10(16)9(6)5-3-8(15)11(12(18)19)17-4-5/h1-4H,(H,18,19). The maximum atomic E-state index is 10.8. The molecule has 0 fully saturated rings. The van der Waals surface area contributed by atoms with Crippen molar-refractivity contribution in [1.29, 1.82) is 0 Å². The lowest BCUT2D eigenvalue weighted by molar-refractivity contribution is 0.0691. The third-order valence-electron chi connectivity index (χ3n) is 2.38. The van der Waals surface area contributed by atoms with Crippen molar-refractivity contribution in [1.82, 2.24) is 4.98 Å². The highest BCUT2D eigenvalue weighted by atomic mass is 35.5. The van der Waals surface area contributed by atoms with Gasteiger partial charge in [0, 0.05) is 17.3 Å². The minimum Gasteiger partial charge on any atom is -0.476 e. The van der Waals surface area contributed by atoms with Crippen LogP contribution in [0.4, 0.5) is 0 Å². The Bertz CT molecular complexity index is 673. The smallest absolute Gasteiger partial charge is 0.356 e. The molecule has 0 saturated carbocycles. The maximum absolute atomic E-state index is 10.8. The molecule has 1 aromatic carbocycles. The number of hydrogen-bond donors (Lipinski definition) is 1. The van der Waals surface area contributed by atoms with Crippen LogP contribution in [0.5, 0.6) is 0 Å². The van der Waals surface area contributed by atoms with Gasteiger partial charge in [-0.1, -0.05) is 46.4 Å². The molecule has 19 heavy (non-hydrogen) atoms. The highest BCUT2D eigenvalue weighted by molar-refractivity contribution is 6.46. The SMILES string of the molecule is O=C(O)c1ncc(-c2c(Cl)ccc(Cl)c2Cl)cc1Cl. The average molecular weight is 337 g/mol. The molecule has 0 spiro atoms. The molecular formula is C12H5Cl4NO2. The number of hydrogen-bond acceptors (Lipinski definition) is 2. The molecule has 0 aliphatic carbocycles. The van der Waals surface area contributed by atoms with Gasteiger partial charge in [-0.05, 0) is 18.2 Å². The van der Waals surface area contributed by atoms with E-state index >= 15 is 0 Å². The number of aromatic nitrogens is 1. The van der Waals surface area contributed by atoms with Crippen molar-refractivity contribution in [2.75, 3.05) is 0 Å². The lowest BCUT2D eigenvalue weighted by atomic mass is 10.1. The number of carboxylic acid groups (broad SMARTS) is 1. The molecule has 1 heterocycles. The predicted octanol–water partition coefficient (Wildman–Crippen LogP) is 5.06. The summed E-state index contributed by atoms with van der Waals surface area (Å²) in [5.74, 6) is -1.21. The fraction of sp³-hybridized carbons (Fsp3) is 0. The van der Waals surface area contributed by atoms with Gasteiger partial charge in [0.05, 0.1) is 20.1 Å². The van der Waals surface area contributed by atoms with E-state index in [0.717, 1.165) is 0 Å². The van der Waals surface area contributed by atoms with Crippen LogP contribution in [0.15, 0.2) is 24.4 Å². The van der Waals surface area contributed by atoms with E-state index in [1.165, 1.54) is 12.3 Å². The molecule has 7 heteroatoms.